The minimum Gasteiger partial charge on any atom is -0.346 e. The summed E-state index contributed by atoms with van der Waals surface area (Å²) in [5.41, 5.74) is 3.49. The molecule has 0 aliphatic carbocycles. The molecule has 0 atom stereocenters. The molecule has 0 unspecified atom stereocenters. The average Bonchev–Trinajstić information content (AvgIpc) is 2.65. The van der Waals surface area contributed by atoms with Gasteiger partial charge in [-0.05, 0) is 54.0 Å². The third kappa shape index (κ3) is 5.10. The first-order valence-electron chi connectivity index (χ1n) is 8.86. The SMILES string of the molecule is CCc1ccc(NC(=S)N2CCN(Cc3ccc(Cl)cc3Cl)CC2)cc1. The van der Waals surface area contributed by atoms with Gasteiger partial charge in [0.25, 0.3) is 0 Å². The molecular formula is C20H23Cl2N3S. The highest BCUT2D eigenvalue weighted by molar-refractivity contribution is 7.80. The zero-order chi connectivity index (χ0) is 18.5. The number of halogens is 2. The smallest absolute Gasteiger partial charge is 0.173 e. The monoisotopic (exact) mass is 407 g/mol. The maximum atomic E-state index is 6.29. The molecule has 3 rings (SSSR count). The van der Waals surface area contributed by atoms with Crippen LogP contribution in [0.15, 0.2) is 42.5 Å². The van der Waals surface area contributed by atoms with Crippen LogP contribution in [0.25, 0.3) is 0 Å². The fraction of sp³-hybridized carbons (Fsp3) is 0.350. The van der Waals surface area contributed by atoms with E-state index in [0.29, 0.717) is 5.02 Å². The van der Waals surface area contributed by atoms with Crippen LogP contribution in [0.5, 0.6) is 0 Å². The minimum absolute atomic E-state index is 0.673. The fourth-order valence-corrected chi connectivity index (χ4v) is 3.79. The molecule has 1 aliphatic heterocycles. The number of piperazine rings is 1. The van der Waals surface area contributed by atoms with E-state index in [9.17, 15) is 0 Å². The molecule has 2 aromatic carbocycles. The van der Waals surface area contributed by atoms with Crippen molar-refractivity contribution in [1.82, 2.24) is 9.80 Å². The summed E-state index contributed by atoms with van der Waals surface area (Å²) in [6.07, 6.45) is 1.05. The number of benzene rings is 2. The Morgan fingerprint density at radius 2 is 1.73 bits per heavy atom. The van der Waals surface area contributed by atoms with Gasteiger partial charge in [-0.1, -0.05) is 48.3 Å². The Labute approximate surface area is 170 Å². The van der Waals surface area contributed by atoms with Gasteiger partial charge in [0.2, 0.25) is 0 Å². The standard InChI is InChI=1S/C20H23Cl2N3S/c1-2-15-3-7-18(8-4-15)23-20(26)25-11-9-24(10-12-25)14-16-5-6-17(21)13-19(16)22/h3-8,13H,2,9-12,14H2,1H3,(H,23,26). The molecule has 1 N–H and O–H groups in total. The van der Waals surface area contributed by atoms with E-state index in [-0.39, 0.29) is 0 Å². The van der Waals surface area contributed by atoms with Crippen molar-refractivity contribution in [2.24, 2.45) is 0 Å². The lowest BCUT2D eigenvalue weighted by Gasteiger charge is -2.36. The molecular weight excluding hydrogens is 385 g/mol. The number of hydrogen-bond donors (Lipinski definition) is 1. The molecule has 0 radical (unpaired) electrons. The van der Waals surface area contributed by atoms with E-state index in [2.05, 4.69) is 46.3 Å². The Balaban J connectivity index is 1.50. The summed E-state index contributed by atoms with van der Waals surface area (Å²) in [6.45, 7) is 6.71. The molecule has 0 aromatic heterocycles. The lowest BCUT2D eigenvalue weighted by Crippen LogP contribution is -2.49. The Morgan fingerprint density at radius 1 is 1.04 bits per heavy atom. The van der Waals surface area contributed by atoms with Gasteiger partial charge in [0, 0.05) is 48.5 Å². The van der Waals surface area contributed by atoms with Gasteiger partial charge in [-0.25, -0.2) is 0 Å². The van der Waals surface area contributed by atoms with Gasteiger partial charge in [-0.15, -0.1) is 0 Å². The second-order valence-electron chi connectivity index (χ2n) is 6.48. The zero-order valence-corrected chi connectivity index (χ0v) is 17.2. The lowest BCUT2D eigenvalue weighted by atomic mass is 10.1. The van der Waals surface area contributed by atoms with Crippen LogP contribution in [0.2, 0.25) is 10.0 Å². The Bertz CT molecular complexity index is 756. The number of aryl methyl sites for hydroxylation is 1. The molecule has 1 fully saturated rings. The molecule has 0 bridgehead atoms. The highest BCUT2D eigenvalue weighted by Gasteiger charge is 2.19. The summed E-state index contributed by atoms with van der Waals surface area (Å²) in [6, 6.07) is 14.1. The van der Waals surface area contributed by atoms with E-state index in [0.717, 1.165) is 60.5 Å². The number of rotatable bonds is 4. The Kier molecular flexibility index (Phi) is 6.76. The maximum Gasteiger partial charge on any atom is 0.173 e. The summed E-state index contributed by atoms with van der Waals surface area (Å²) in [5.74, 6) is 0. The summed E-state index contributed by atoms with van der Waals surface area (Å²) >= 11 is 17.8. The summed E-state index contributed by atoms with van der Waals surface area (Å²) in [7, 11) is 0. The second-order valence-corrected chi connectivity index (χ2v) is 7.71. The van der Waals surface area contributed by atoms with Gasteiger partial charge >= 0.3 is 0 Å². The van der Waals surface area contributed by atoms with Gasteiger partial charge in [0.15, 0.2) is 5.11 Å². The van der Waals surface area contributed by atoms with Crippen molar-refractivity contribution in [2.45, 2.75) is 19.9 Å². The number of nitrogens with zero attached hydrogens (tertiary/aromatic N) is 2. The topological polar surface area (TPSA) is 18.5 Å². The van der Waals surface area contributed by atoms with Crippen molar-refractivity contribution >= 4 is 46.2 Å². The van der Waals surface area contributed by atoms with Crippen LogP contribution in [0.4, 0.5) is 5.69 Å². The van der Waals surface area contributed by atoms with E-state index >= 15 is 0 Å². The molecule has 138 valence electrons. The van der Waals surface area contributed by atoms with Crippen molar-refractivity contribution in [3.8, 4) is 0 Å². The van der Waals surface area contributed by atoms with Crippen molar-refractivity contribution in [2.75, 3.05) is 31.5 Å². The quantitative estimate of drug-likeness (QED) is 0.712. The number of thiocarbonyl (C=S) groups is 1. The van der Waals surface area contributed by atoms with Gasteiger partial charge in [0.1, 0.15) is 0 Å². The molecule has 26 heavy (non-hydrogen) atoms. The van der Waals surface area contributed by atoms with Crippen molar-refractivity contribution in [3.05, 3.63) is 63.6 Å². The Morgan fingerprint density at radius 3 is 2.35 bits per heavy atom. The molecule has 3 nitrogen and oxygen atoms in total. The van der Waals surface area contributed by atoms with Gasteiger partial charge < -0.3 is 10.2 Å². The van der Waals surface area contributed by atoms with E-state index in [1.165, 1.54) is 5.56 Å². The molecule has 1 heterocycles. The Hall–Kier alpha value is -1.33. The number of hydrogen-bond acceptors (Lipinski definition) is 2. The minimum atomic E-state index is 0.673. The van der Waals surface area contributed by atoms with E-state index in [1.807, 2.05) is 12.1 Å². The van der Waals surface area contributed by atoms with E-state index < -0.39 is 0 Å². The predicted molar refractivity (Wildman–Crippen MR) is 115 cm³/mol. The van der Waals surface area contributed by atoms with Crippen molar-refractivity contribution in [1.29, 1.82) is 0 Å². The first-order chi connectivity index (χ1) is 12.5. The van der Waals surface area contributed by atoms with Crippen molar-refractivity contribution in [3.63, 3.8) is 0 Å². The highest BCUT2D eigenvalue weighted by atomic mass is 35.5. The largest absolute Gasteiger partial charge is 0.346 e. The first kappa shape index (κ1) is 19.4. The predicted octanol–water partition coefficient (Wildman–Crippen LogP) is 5.07. The van der Waals surface area contributed by atoms with Crippen LogP contribution in [0.3, 0.4) is 0 Å². The first-order valence-corrected chi connectivity index (χ1v) is 10.0. The van der Waals surface area contributed by atoms with Crippen LogP contribution in [0.1, 0.15) is 18.1 Å². The second kappa shape index (κ2) is 9.05. The van der Waals surface area contributed by atoms with Crippen LogP contribution in [-0.2, 0) is 13.0 Å². The van der Waals surface area contributed by atoms with Gasteiger partial charge in [0.05, 0.1) is 0 Å². The van der Waals surface area contributed by atoms with Gasteiger partial charge in [-0.2, -0.15) is 0 Å². The third-order valence-corrected chi connectivity index (χ3v) is 5.63. The molecule has 1 aliphatic rings. The molecule has 0 spiro atoms. The zero-order valence-electron chi connectivity index (χ0n) is 14.8. The summed E-state index contributed by atoms with van der Waals surface area (Å²) < 4.78 is 0. The van der Waals surface area contributed by atoms with Crippen LogP contribution >= 0.6 is 35.4 Å². The molecule has 1 saturated heterocycles. The van der Waals surface area contributed by atoms with Crippen LogP contribution < -0.4 is 5.32 Å². The highest BCUT2D eigenvalue weighted by Crippen LogP contribution is 2.23. The maximum absolute atomic E-state index is 6.29. The summed E-state index contributed by atoms with van der Waals surface area (Å²) in [4.78, 5) is 4.62. The number of anilines is 1. The van der Waals surface area contributed by atoms with Crippen molar-refractivity contribution < 1.29 is 0 Å². The molecule has 6 heteroatoms. The van der Waals surface area contributed by atoms with Gasteiger partial charge in [-0.3, -0.25) is 4.90 Å². The van der Waals surface area contributed by atoms with Crippen LogP contribution in [-0.4, -0.2) is 41.1 Å². The average molecular weight is 408 g/mol. The van der Waals surface area contributed by atoms with Crippen LogP contribution in [0, 0.1) is 0 Å². The normalized spacial score (nSPS) is 15.1. The third-order valence-electron chi connectivity index (χ3n) is 4.68. The van der Waals surface area contributed by atoms with E-state index in [1.54, 1.807) is 6.07 Å². The number of nitrogens with one attached hydrogen (secondary N) is 1. The molecule has 0 saturated carbocycles. The fourth-order valence-electron chi connectivity index (χ4n) is 3.03. The summed E-state index contributed by atoms with van der Waals surface area (Å²) in [5, 5.41) is 5.54. The molecule has 0 amide bonds. The van der Waals surface area contributed by atoms with E-state index in [4.69, 9.17) is 35.4 Å². The lowest BCUT2D eigenvalue weighted by molar-refractivity contribution is 0.177. The molecule has 2 aromatic rings.